The van der Waals surface area contributed by atoms with Crippen LogP contribution in [0.2, 0.25) is 0 Å². The van der Waals surface area contributed by atoms with E-state index < -0.39 is 0 Å². The monoisotopic (exact) mass is 381 g/mol. The minimum absolute atomic E-state index is 0.166. The third kappa shape index (κ3) is 4.28. The van der Waals surface area contributed by atoms with Crippen LogP contribution in [-0.4, -0.2) is 18.1 Å². The summed E-state index contributed by atoms with van der Waals surface area (Å²) in [6, 6.07) is 13.3. The quantitative estimate of drug-likeness (QED) is 0.704. The SMILES string of the molecule is COc1ccc(C2NC(=S)NC(C)=C2C(=O)Nc2cc(C)cc(C)c2)cc1. The van der Waals surface area contributed by atoms with Gasteiger partial charge in [-0.25, -0.2) is 0 Å². The number of amides is 1. The summed E-state index contributed by atoms with van der Waals surface area (Å²) in [6.07, 6.45) is 0. The van der Waals surface area contributed by atoms with Crippen LogP contribution >= 0.6 is 12.2 Å². The number of nitrogens with one attached hydrogen (secondary N) is 3. The molecule has 1 heterocycles. The Hall–Kier alpha value is -2.86. The summed E-state index contributed by atoms with van der Waals surface area (Å²) in [6.45, 7) is 5.88. The number of thiocarbonyl (C=S) groups is 1. The zero-order valence-electron chi connectivity index (χ0n) is 15.8. The highest BCUT2D eigenvalue weighted by atomic mass is 32.1. The number of carbonyl (C=O) groups is 1. The Bertz CT molecular complexity index is 899. The molecule has 0 bridgehead atoms. The van der Waals surface area contributed by atoms with Crippen molar-refractivity contribution < 1.29 is 9.53 Å². The molecule has 0 fully saturated rings. The Kier molecular flexibility index (Phi) is 5.46. The van der Waals surface area contributed by atoms with Crippen LogP contribution in [-0.2, 0) is 4.79 Å². The lowest BCUT2D eigenvalue weighted by molar-refractivity contribution is -0.113. The molecule has 6 heteroatoms. The van der Waals surface area contributed by atoms with Gasteiger partial charge in [0, 0.05) is 11.4 Å². The Morgan fingerprint density at radius 2 is 1.70 bits per heavy atom. The van der Waals surface area contributed by atoms with E-state index in [4.69, 9.17) is 17.0 Å². The van der Waals surface area contributed by atoms with Gasteiger partial charge in [-0.15, -0.1) is 0 Å². The predicted molar refractivity (Wildman–Crippen MR) is 112 cm³/mol. The molecular weight excluding hydrogens is 358 g/mol. The molecule has 1 amide bonds. The van der Waals surface area contributed by atoms with Gasteiger partial charge in [0.15, 0.2) is 5.11 Å². The fraction of sp³-hybridized carbons (Fsp3) is 0.238. The van der Waals surface area contributed by atoms with Gasteiger partial charge in [-0.1, -0.05) is 18.2 Å². The van der Waals surface area contributed by atoms with E-state index in [0.29, 0.717) is 10.7 Å². The van der Waals surface area contributed by atoms with Crippen molar-refractivity contribution in [3.05, 3.63) is 70.4 Å². The normalized spacial score (nSPS) is 16.4. The zero-order chi connectivity index (χ0) is 19.6. The van der Waals surface area contributed by atoms with Gasteiger partial charge >= 0.3 is 0 Å². The molecule has 1 atom stereocenters. The van der Waals surface area contributed by atoms with E-state index in [1.54, 1.807) is 7.11 Å². The predicted octanol–water partition coefficient (Wildman–Crippen LogP) is 3.74. The molecule has 0 saturated carbocycles. The summed E-state index contributed by atoms with van der Waals surface area (Å²) < 4.78 is 5.22. The number of ether oxygens (including phenoxy) is 1. The molecule has 3 N–H and O–H groups in total. The third-order valence-electron chi connectivity index (χ3n) is 4.44. The lowest BCUT2D eigenvalue weighted by atomic mass is 9.94. The van der Waals surface area contributed by atoms with E-state index in [1.807, 2.05) is 57.2 Å². The molecule has 0 radical (unpaired) electrons. The molecule has 5 nitrogen and oxygen atoms in total. The number of rotatable bonds is 4. The topological polar surface area (TPSA) is 62.4 Å². The highest BCUT2D eigenvalue weighted by molar-refractivity contribution is 7.80. The third-order valence-corrected chi connectivity index (χ3v) is 4.66. The van der Waals surface area contributed by atoms with Gasteiger partial charge in [0.2, 0.25) is 0 Å². The number of hydrogen-bond acceptors (Lipinski definition) is 3. The molecule has 140 valence electrons. The van der Waals surface area contributed by atoms with Gasteiger partial charge < -0.3 is 20.7 Å². The average molecular weight is 382 g/mol. The first-order valence-corrected chi connectivity index (χ1v) is 9.10. The van der Waals surface area contributed by atoms with Crippen molar-refractivity contribution in [2.24, 2.45) is 0 Å². The van der Waals surface area contributed by atoms with Gasteiger partial charge in [-0.2, -0.15) is 0 Å². The van der Waals surface area contributed by atoms with E-state index in [9.17, 15) is 4.79 Å². The van der Waals surface area contributed by atoms with Crippen LogP contribution in [0, 0.1) is 13.8 Å². The zero-order valence-corrected chi connectivity index (χ0v) is 16.7. The van der Waals surface area contributed by atoms with Gasteiger partial charge in [0.25, 0.3) is 5.91 Å². The molecule has 27 heavy (non-hydrogen) atoms. The van der Waals surface area contributed by atoms with Crippen LogP contribution in [0.1, 0.15) is 29.7 Å². The van der Waals surface area contributed by atoms with Crippen molar-refractivity contribution in [3.63, 3.8) is 0 Å². The molecule has 1 unspecified atom stereocenters. The van der Waals surface area contributed by atoms with Crippen LogP contribution in [0.3, 0.4) is 0 Å². The fourth-order valence-corrected chi connectivity index (χ4v) is 3.56. The maximum absolute atomic E-state index is 13.1. The highest BCUT2D eigenvalue weighted by Crippen LogP contribution is 2.29. The Balaban J connectivity index is 1.94. The molecule has 3 rings (SSSR count). The van der Waals surface area contributed by atoms with Crippen molar-refractivity contribution >= 4 is 28.9 Å². The molecule has 0 spiro atoms. The first-order chi connectivity index (χ1) is 12.9. The van der Waals surface area contributed by atoms with E-state index in [0.717, 1.165) is 33.8 Å². The van der Waals surface area contributed by atoms with Crippen molar-refractivity contribution in [1.82, 2.24) is 10.6 Å². The number of aryl methyl sites for hydroxylation is 2. The van der Waals surface area contributed by atoms with Crippen LogP contribution in [0.5, 0.6) is 5.75 Å². The van der Waals surface area contributed by atoms with Gasteiger partial charge in [-0.05, 0) is 73.9 Å². The summed E-state index contributed by atoms with van der Waals surface area (Å²) in [5, 5.41) is 9.77. The summed E-state index contributed by atoms with van der Waals surface area (Å²) in [5.41, 5.74) is 5.26. The maximum atomic E-state index is 13.1. The largest absolute Gasteiger partial charge is 0.497 e. The molecule has 0 aliphatic carbocycles. The number of allylic oxidation sites excluding steroid dienone is 1. The van der Waals surface area contributed by atoms with Crippen molar-refractivity contribution in [3.8, 4) is 5.75 Å². The van der Waals surface area contributed by atoms with Gasteiger partial charge in [-0.3, -0.25) is 4.79 Å². The number of anilines is 1. The van der Waals surface area contributed by atoms with Crippen LogP contribution in [0.25, 0.3) is 0 Å². The summed E-state index contributed by atoms with van der Waals surface area (Å²) in [7, 11) is 1.62. The van der Waals surface area contributed by atoms with Crippen molar-refractivity contribution in [2.75, 3.05) is 12.4 Å². The smallest absolute Gasteiger partial charge is 0.255 e. The lowest BCUT2D eigenvalue weighted by Gasteiger charge is -2.30. The first-order valence-electron chi connectivity index (χ1n) is 8.69. The molecule has 1 aliphatic rings. The molecule has 2 aromatic rings. The number of benzene rings is 2. The number of carbonyl (C=O) groups excluding carboxylic acids is 1. The second kappa shape index (κ2) is 7.80. The number of hydrogen-bond donors (Lipinski definition) is 3. The minimum atomic E-state index is -0.337. The second-order valence-electron chi connectivity index (χ2n) is 6.67. The van der Waals surface area contributed by atoms with E-state index >= 15 is 0 Å². The van der Waals surface area contributed by atoms with Gasteiger partial charge in [0.05, 0.1) is 18.7 Å². The maximum Gasteiger partial charge on any atom is 0.255 e. The van der Waals surface area contributed by atoms with Crippen LogP contribution in [0.15, 0.2) is 53.7 Å². The van der Waals surface area contributed by atoms with E-state index in [-0.39, 0.29) is 11.9 Å². The van der Waals surface area contributed by atoms with Crippen LogP contribution < -0.4 is 20.7 Å². The molecule has 1 aliphatic heterocycles. The molecule has 0 saturated heterocycles. The first kappa shape index (κ1) is 18.9. The lowest BCUT2D eigenvalue weighted by Crippen LogP contribution is -2.45. The molecular formula is C21H23N3O2S. The van der Waals surface area contributed by atoms with Crippen molar-refractivity contribution in [1.29, 1.82) is 0 Å². The Morgan fingerprint density at radius 3 is 2.30 bits per heavy atom. The summed E-state index contributed by atoms with van der Waals surface area (Å²) in [4.78, 5) is 13.1. The van der Waals surface area contributed by atoms with Crippen LogP contribution in [0.4, 0.5) is 5.69 Å². The second-order valence-corrected chi connectivity index (χ2v) is 7.08. The highest BCUT2D eigenvalue weighted by Gasteiger charge is 2.30. The Morgan fingerprint density at radius 1 is 1.07 bits per heavy atom. The minimum Gasteiger partial charge on any atom is -0.497 e. The Labute approximate surface area is 164 Å². The number of methoxy groups -OCH3 is 1. The van der Waals surface area contributed by atoms with E-state index in [1.165, 1.54) is 0 Å². The summed E-state index contributed by atoms with van der Waals surface area (Å²) >= 11 is 5.30. The summed E-state index contributed by atoms with van der Waals surface area (Å²) in [5.74, 6) is 0.595. The van der Waals surface area contributed by atoms with E-state index in [2.05, 4.69) is 22.0 Å². The van der Waals surface area contributed by atoms with Gasteiger partial charge in [0.1, 0.15) is 5.75 Å². The average Bonchev–Trinajstić information content (AvgIpc) is 2.60. The fourth-order valence-electron chi connectivity index (χ4n) is 3.29. The molecule has 2 aromatic carbocycles. The van der Waals surface area contributed by atoms with Crippen molar-refractivity contribution in [2.45, 2.75) is 26.8 Å². The standard InChI is InChI=1S/C21H23N3O2S/c1-12-9-13(2)11-16(10-12)23-20(25)18-14(3)22-21(27)24-19(18)15-5-7-17(26-4)8-6-15/h5-11,19H,1-4H3,(H,23,25)(H2,22,24,27). The molecule has 0 aromatic heterocycles.